The maximum atomic E-state index is 11.0. The minimum absolute atomic E-state index is 0.00967. The number of methoxy groups -OCH3 is 1. The van der Waals surface area contributed by atoms with Crippen LogP contribution in [0.3, 0.4) is 0 Å². The smallest absolute Gasteiger partial charge is 0.211 e. The van der Waals surface area contributed by atoms with Gasteiger partial charge in [0.15, 0.2) is 0 Å². The van der Waals surface area contributed by atoms with Gasteiger partial charge in [-0.25, -0.2) is 0 Å². The number of unbranched alkanes of at least 4 members (excludes halogenated alkanes) is 3. The number of hydrogen-bond acceptors (Lipinski definition) is 3. The molecule has 0 aromatic heterocycles. The molecule has 1 aromatic carbocycles. The molecule has 1 saturated carbocycles. The van der Waals surface area contributed by atoms with E-state index in [0.717, 1.165) is 42.6 Å². The highest BCUT2D eigenvalue weighted by Gasteiger charge is 2.47. The Bertz CT molecular complexity index is 742. The number of phenols is 1. The maximum absolute atomic E-state index is 11.0. The van der Waals surface area contributed by atoms with E-state index in [-0.39, 0.29) is 11.3 Å². The van der Waals surface area contributed by atoms with Crippen LogP contribution in [0.25, 0.3) is 0 Å². The molecule has 156 valence electrons. The lowest BCUT2D eigenvalue weighted by Crippen LogP contribution is -2.46. The Balaban J connectivity index is 1.98. The summed E-state index contributed by atoms with van der Waals surface area (Å²) in [7, 11) is 1.75. The minimum atomic E-state index is -0.563. The third-order valence-corrected chi connectivity index (χ3v) is 6.93. The Morgan fingerprint density at radius 1 is 1.25 bits per heavy atom. The first-order valence-electron chi connectivity index (χ1n) is 11.0. The lowest BCUT2D eigenvalue weighted by Gasteiger charge is -2.46. The summed E-state index contributed by atoms with van der Waals surface area (Å²) in [4.78, 5) is 0. The molecule has 0 amide bonds. The van der Waals surface area contributed by atoms with E-state index < -0.39 is 5.79 Å². The zero-order valence-electron chi connectivity index (χ0n) is 18.7. The van der Waals surface area contributed by atoms with Gasteiger partial charge in [-0.3, -0.25) is 0 Å². The predicted octanol–water partition coefficient (Wildman–Crippen LogP) is 6.98. The van der Waals surface area contributed by atoms with Crippen molar-refractivity contribution >= 4 is 0 Å². The van der Waals surface area contributed by atoms with Crippen LogP contribution < -0.4 is 4.74 Å². The summed E-state index contributed by atoms with van der Waals surface area (Å²) in [6.45, 7) is 11.1. The number of ether oxygens (including phenoxy) is 2. The quantitative estimate of drug-likeness (QED) is 0.406. The van der Waals surface area contributed by atoms with Crippen molar-refractivity contribution in [1.82, 2.24) is 0 Å². The van der Waals surface area contributed by atoms with Gasteiger partial charge in [-0.2, -0.15) is 0 Å². The molecule has 1 aliphatic heterocycles. The van der Waals surface area contributed by atoms with Crippen molar-refractivity contribution < 1.29 is 14.6 Å². The molecule has 0 saturated heterocycles. The van der Waals surface area contributed by atoms with Crippen molar-refractivity contribution in [3.8, 4) is 11.5 Å². The van der Waals surface area contributed by atoms with E-state index >= 15 is 0 Å². The van der Waals surface area contributed by atoms with Crippen molar-refractivity contribution in [3.05, 3.63) is 34.4 Å². The normalized spacial score (nSPS) is 23.9. The molecular weight excluding hydrogens is 348 g/mol. The van der Waals surface area contributed by atoms with Gasteiger partial charge in [0.2, 0.25) is 5.79 Å². The van der Waals surface area contributed by atoms with Gasteiger partial charge >= 0.3 is 0 Å². The number of rotatable bonds is 7. The summed E-state index contributed by atoms with van der Waals surface area (Å²) < 4.78 is 12.3. The van der Waals surface area contributed by atoms with Crippen LogP contribution in [0.5, 0.6) is 11.5 Å². The third-order valence-electron chi connectivity index (χ3n) is 6.93. The van der Waals surface area contributed by atoms with Crippen molar-refractivity contribution in [2.75, 3.05) is 7.11 Å². The molecular formula is C25H38O3. The second kappa shape index (κ2) is 8.10. The lowest BCUT2D eigenvalue weighted by atomic mass is 9.71. The first-order valence-corrected chi connectivity index (χ1v) is 11.0. The first-order chi connectivity index (χ1) is 13.2. The van der Waals surface area contributed by atoms with Gasteiger partial charge in [0, 0.05) is 31.4 Å². The molecule has 28 heavy (non-hydrogen) atoms. The van der Waals surface area contributed by atoms with Gasteiger partial charge in [0.1, 0.15) is 11.5 Å². The maximum Gasteiger partial charge on any atom is 0.211 e. The summed E-state index contributed by atoms with van der Waals surface area (Å²) in [5.74, 6) is 0.814. The number of hydrogen-bond donors (Lipinski definition) is 1. The van der Waals surface area contributed by atoms with Gasteiger partial charge in [0.25, 0.3) is 0 Å². The average Bonchev–Trinajstić information content (AvgIpc) is 2.64. The molecule has 2 aliphatic rings. The summed E-state index contributed by atoms with van der Waals surface area (Å²) in [5.41, 5.74) is 4.90. The molecule has 2 atom stereocenters. The van der Waals surface area contributed by atoms with Crippen LogP contribution in [-0.4, -0.2) is 18.0 Å². The van der Waals surface area contributed by atoms with E-state index in [4.69, 9.17) is 9.47 Å². The largest absolute Gasteiger partial charge is 0.507 e. The molecule has 3 nitrogen and oxygen atoms in total. The van der Waals surface area contributed by atoms with Gasteiger partial charge in [-0.05, 0) is 49.8 Å². The Labute approximate surface area is 171 Å². The Hall–Kier alpha value is -1.48. The van der Waals surface area contributed by atoms with Gasteiger partial charge in [-0.1, -0.05) is 57.6 Å². The van der Waals surface area contributed by atoms with Crippen LogP contribution in [0.2, 0.25) is 0 Å². The van der Waals surface area contributed by atoms with Crippen molar-refractivity contribution in [2.45, 2.75) is 103 Å². The monoisotopic (exact) mass is 386 g/mol. The highest BCUT2D eigenvalue weighted by molar-refractivity contribution is 5.56. The van der Waals surface area contributed by atoms with E-state index in [1.54, 1.807) is 7.11 Å². The van der Waals surface area contributed by atoms with Crippen LogP contribution in [0.4, 0.5) is 0 Å². The van der Waals surface area contributed by atoms with Crippen molar-refractivity contribution in [3.63, 3.8) is 0 Å². The number of aromatic hydroxyl groups is 1. The Morgan fingerprint density at radius 2 is 2.00 bits per heavy atom. The molecule has 1 heterocycles. The van der Waals surface area contributed by atoms with E-state index in [0.29, 0.717) is 5.75 Å². The number of benzene rings is 1. The van der Waals surface area contributed by atoms with Crippen LogP contribution in [-0.2, 0) is 10.2 Å². The van der Waals surface area contributed by atoms with E-state index in [9.17, 15) is 5.11 Å². The molecule has 2 unspecified atom stereocenters. The number of fused-ring (bicyclic) bond motifs is 4. The summed E-state index contributed by atoms with van der Waals surface area (Å²) in [6, 6.07) is 4.15. The summed E-state index contributed by atoms with van der Waals surface area (Å²) >= 11 is 0. The molecule has 1 fully saturated rings. The van der Waals surface area contributed by atoms with Gasteiger partial charge < -0.3 is 14.6 Å². The minimum Gasteiger partial charge on any atom is -0.507 e. The van der Waals surface area contributed by atoms with E-state index in [1.807, 2.05) is 6.07 Å². The van der Waals surface area contributed by atoms with Crippen LogP contribution in [0.15, 0.2) is 23.3 Å². The summed E-state index contributed by atoms with van der Waals surface area (Å²) in [6.07, 6.45) is 8.75. The number of allylic oxidation sites excluding steroid dienone is 2. The molecule has 0 radical (unpaired) electrons. The molecule has 2 bridgehead atoms. The standard InChI is InChI=1S/C25H38O3/c1-7-8-9-10-12-24(4,5)18-14-21(26)23-20-16-25(27-6,28-22(23)15-18)13-11-19(20)17(2)3/h14-15,20,26H,7-13,16H2,1-6H3. The highest BCUT2D eigenvalue weighted by atomic mass is 16.7. The Morgan fingerprint density at radius 3 is 2.64 bits per heavy atom. The topological polar surface area (TPSA) is 38.7 Å². The van der Waals surface area contributed by atoms with Crippen LogP contribution >= 0.6 is 0 Å². The van der Waals surface area contributed by atoms with Crippen molar-refractivity contribution in [1.29, 1.82) is 0 Å². The SMILES string of the molecule is CCCCCCC(C)(C)c1cc(O)c2c(c1)OC1(OC)CCC(=C(C)C)C2C1. The van der Waals surface area contributed by atoms with Gasteiger partial charge in [0.05, 0.1) is 0 Å². The molecule has 1 aliphatic carbocycles. The zero-order valence-corrected chi connectivity index (χ0v) is 18.7. The summed E-state index contributed by atoms with van der Waals surface area (Å²) in [5, 5.41) is 11.0. The number of phenolic OH excluding ortho intramolecular Hbond substituents is 1. The molecule has 0 spiro atoms. The lowest BCUT2D eigenvalue weighted by molar-refractivity contribution is -0.189. The average molecular weight is 387 g/mol. The van der Waals surface area contributed by atoms with E-state index in [2.05, 4.69) is 40.7 Å². The second-order valence-electron chi connectivity index (χ2n) is 9.60. The van der Waals surface area contributed by atoms with Crippen LogP contribution in [0.1, 0.15) is 103 Å². The fourth-order valence-electron chi connectivity index (χ4n) is 5.01. The fourth-order valence-corrected chi connectivity index (χ4v) is 5.01. The second-order valence-corrected chi connectivity index (χ2v) is 9.60. The Kier molecular flexibility index (Phi) is 6.14. The molecule has 1 aromatic rings. The first kappa shape index (κ1) is 21.2. The molecule has 3 heteroatoms. The predicted molar refractivity (Wildman–Crippen MR) is 115 cm³/mol. The van der Waals surface area contributed by atoms with Gasteiger partial charge in [-0.15, -0.1) is 0 Å². The highest BCUT2D eigenvalue weighted by Crippen LogP contribution is 2.55. The fraction of sp³-hybridized carbons (Fsp3) is 0.680. The zero-order chi connectivity index (χ0) is 20.5. The molecule has 3 rings (SSSR count). The van der Waals surface area contributed by atoms with Crippen molar-refractivity contribution in [2.24, 2.45) is 0 Å². The third kappa shape index (κ3) is 3.96. The van der Waals surface area contributed by atoms with Crippen LogP contribution in [0, 0.1) is 0 Å². The molecule has 1 N–H and O–H groups in total. The van der Waals surface area contributed by atoms with E-state index in [1.165, 1.54) is 36.8 Å².